The SMILES string of the molecule is Cc1cc(C(Cc2sccc2Br)NN)c(C)nn1. The summed E-state index contributed by atoms with van der Waals surface area (Å²) in [6.45, 7) is 3.89. The summed E-state index contributed by atoms with van der Waals surface area (Å²) in [5, 5.41) is 10.3. The molecule has 2 rings (SSSR count). The molecule has 18 heavy (non-hydrogen) atoms. The van der Waals surface area contributed by atoms with Crippen LogP contribution < -0.4 is 11.3 Å². The second-order valence-corrected chi connectivity index (χ2v) is 6.00. The molecule has 3 N–H and O–H groups in total. The van der Waals surface area contributed by atoms with Gasteiger partial charge in [-0.2, -0.15) is 10.2 Å². The molecular formula is C12H15BrN4S. The van der Waals surface area contributed by atoms with Crippen LogP contribution in [-0.4, -0.2) is 10.2 Å². The van der Waals surface area contributed by atoms with Crippen molar-refractivity contribution in [1.29, 1.82) is 0 Å². The van der Waals surface area contributed by atoms with Crippen molar-refractivity contribution < 1.29 is 0 Å². The van der Waals surface area contributed by atoms with Crippen molar-refractivity contribution in [2.45, 2.75) is 26.3 Å². The van der Waals surface area contributed by atoms with Crippen LogP contribution in [0.25, 0.3) is 0 Å². The van der Waals surface area contributed by atoms with Crippen LogP contribution in [0.4, 0.5) is 0 Å². The number of rotatable bonds is 4. The number of hydrogen-bond acceptors (Lipinski definition) is 5. The van der Waals surface area contributed by atoms with Gasteiger partial charge in [-0.1, -0.05) is 0 Å². The summed E-state index contributed by atoms with van der Waals surface area (Å²) in [6.07, 6.45) is 0.834. The van der Waals surface area contributed by atoms with Crippen LogP contribution in [0, 0.1) is 13.8 Å². The molecule has 0 amide bonds. The van der Waals surface area contributed by atoms with Gasteiger partial charge in [0.2, 0.25) is 0 Å². The maximum Gasteiger partial charge on any atom is 0.0648 e. The van der Waals surface area contributed by atoms with E-state index in [1.807, 2.05) is 19.9 Å². The number of hydrogen-bond donors (Lipinski definition) is 2. The van der Waals surface area contributed by atoms with Crippen LogP contribution in [0.1, 0.15) is 27.9 Å². The highest BCUT2D eigenvalue weighted by atomic mass is 79.9. The average Bonchev–Trinajstić information content (AvgIpc) is 2.75. The molecule has 0 spiro atoms. The molecule has 0 radical (unpaired) electrons. The Kier molecular flexibility index (Phi) is 4.45. The minimum absolute atomic E-state index is 0.0501. The van der Waals surface area contributed by atoms with Crippen LogP contribution in [0.15, 0.2) is 22.0 Å². The molecule has 0 aromatic carbocycles. The molecule has 0 saturated heterocycles. The van der Waals surface area contributed by atoms with E-state index in [2.05, 4.69) is 43.0 Å². The number of aromatic nitrogens is 2. The topological polar surface area (TPSA) is 63.8 Å². The summed E-state index contributed by atoms with van der Waals surface area (Å²) in [6, 6.07) is 4.14. The molecule has 0 bridgehead atoms. The molecule has 0 fully saturated rings. The zero-order chi connectivity index (χ0) is 13.1. The van der Waals surface area contributed by atoms with E-state index >= 15 is 0 Å². The van der Waals surface area contributed by atoms with Crippen molar-refractivity contribution in [2.24, 2.45) is 5.84 Å². The molecule has 4 nitrogen and oxygen atoms in total. The second-order valence-electron chi connectivity index (χ2n) is 4.14. The first-order valence-corrected chi connectivity index (χ1v) is 7.28. The van der Waals surface area contributed by atoms with Gasteiger partial charge in [0.15, 0.2) is 0 Å². The maximum atomic E-state index is 5.68. The van der Waals surface area contributed by atoms with Gasteiger partial charge >= 0.3 is 0 Å². The molecule has 96 valence electrons. The highest BCUT2D eigenvalue weighted by Gasteiger charge is 2.16. The lowest BCUT2D eigenvalue weighted by atomic mass is 10.0. The van der Waals surface area contributed by atoms with Crippen LogP contribution in [0.2, 0.25) is 0 Å². The van der Waals surface area contributed by atoms with Gasteiger partial charge in [-0.3, -0.25) is 11.3 Å². The van der Waals surface area contributed by atoms with Gasteiger partial charge in [-0.15, -0.1) is 11.3 Å². The standard InChI is InChI=1S/C12H15BrN4S/c1-7-5-9(8(2)17-16-7)11(15-14)6-12-10(13)3-4-18-12/h3-5,11,15H,6,14H2,1-2H3. The lowest BCUT2D eigenvalue weighted by molar-refractivity contribution is 0.547. The van der Waals surface area contributed by atoms with Gasteiger partial charge in [-0.25, -0.2) is 0 Å². The van der Waals surface area contributed by atoms with Crippen LogP contribution in [0.3, 0.4) is 0 Å². The van der Waals surface area contributed by atoms with E-state index in [-0.39, 0.29) is 6.04 Å². The first kappa shape index (κ1) is 13.6. The second kappa shape index (κ2) is 5.88. The number of nitrogens with two attached hydrogens (primary N) is 1. The molecule has 0 aliphatic carbocycles. The number of nitrogens with one attached hydrogen (secondary N) is 1. The molecule has 0 saturated carbocycles. The molecule has 0 aliphatic rings. The molecule has 2 aromatic rings. The fourth-order valence-electron chi connectivity index (χ4n) is 1.84. The van der Waals surface area contributed by atoms with Gasteiger partial charge in [0.25, 0.3) is 0 Å². The van der Waals surface area contributed by atoms with E-state index in [4.69, 9.17) is 5.84 Å². The fraction of sp³-hybridized carbons (Fsp3) is 0.333. The predicted octanol–water partition coefficient (Wildman–Crippen LogP) is 2.66. The van der Waals surface area contributed by atoms with E-state index in [1.165, 1.54) is 4.88 Å². The number of aryl methyl sites for hydroxylation is 2. The summed E-state index contributed by atoms with van der Waals surface area (Å²) >= 11 is 5.26. The lowest BCUT2D eigenvalue weighted by Gasteiger charge is -2.17. The summed E-state index contributed by atoms with van der Waals surface area (Å²) in [5.74, 6) is 5.68. The molecule has 2 aromatic heterocycles. The Balaban J connectivity index is 2.28. The number of nitrogens with zero attached hydrogens (tertiary/aromatic N) is 2. The lowest BCUT2D eigenvalue weighted by Crippen LogP contribution is -2.30. The number of halogens is 1. The van der Waals surface area contributed by atoms with Crippen LogP contribution in [-0.2, 0) is 6.42 Å². The quantitative estimate of drug-likeness (QED) is 0.669. The highest BCUT2D eigenvalue weighted by Crippen LogP contribution is 2.28. The van der Waals surface area contributed by atoms with Crippen molar-refractivity contribution in [1.82, 2.24) is 15.6 Å². The van der Waals surface area contributed by atoms with Crippen molar-refractivity contribution in [2.75, 3.05) is 0 Å². The smallest absolute Gasteiger partial charge is 0.0648 e. The minimum Gasteiger partial charge on any atom is -0.271 e. The maximum absolute atomic E-state index is 5.68. The molecule has 1 unspecified atom stereocenters. The Morgan fingerprint density at radius 2 is 2.22 bits per heavy atom. The third-order valence-electron chi connectivity index (χ3n) is 2.80. The fourth-order valence-corrected chi connectivity index (χ4v) is 3.40. The molecule has 1 atom stereocenters. The van der Waals surface area contributed by atoms with Gasteiger partial charge in [0.1, 0.15) is 0 Å². The molecule has 2 heterocycles. The Bertz CT molecular complexity index is 541. The molecule has 0 aliphatic heterocycles. The molecular weight excluding hydrogens is 312 g/mol. The van der Waals surface area contributed by atoms with E-state index in [1.54, 1.807) is 11.3 Å². The summed E-state index contributed by atoms with van der Waals surface area (Å²) < 4.78 is 1.13. The monoisotopic (exact) mass is 326 g/mol. The molecule has 6 heteroatoms. The Morgan fingerprint density at radius 3 is 2.83 bits per heavy atom. The first-order chi connectivity index (χ1) is 8.61. The predicted molar refractivity (Wildman–Crippen MR) is 77.3 cm³/mol. The van der Waals surface area contributed by atoms with Gasteiger partial charge in [-0.05, 0) is 52.9 Å². The summed E-state index contributed by atoms with van der Waals surface area (Å²) in [5.41, 5.74) is 5.79. The van der Waals surface area contributed by atoms with Gasteiger partial charge < -0.3 is 0 Å². The van der Waals surface area contributed by atoms with E-state index in [0.717, 1.165) is 27.8 Å². The highest BCUT2D eigenvalue weighted by molar-refractivity contribution is 9.10. The Morgan fingerprint density at radius 1 is 1.44 bits per heavy atom. The normalized spacial score (nSPS) is 12.7. The van der Waals surface area contributed by atoms with Gasteiger partial charge in [0, 0.05) is 15.8 Å². The summed E-state index contributed by atoms with van der Waals surface area (Å²) in [4.78, 5) is 1.27. The van der Waals surface area contributed by atoms with Crippen LogP contribution in [0.5, 0.6) is 0 Å². The van der Waals surface area contributed by atoms with Gasteiger partial charge in [0.05, 0.1) is 17.4 Å². The zero-order valence-electron chi connectivity index (χ0n) is 10.3. The largest absolute Gasteiger partial charge is 0.271 e. The van der Waals surface area contributed by atoms with E-state index in [0.29, 0.717) is 0 Å². The van der Waals surface area contributed by atoms with Crippen molar-refractivity contribution in [3.05, 3.63) is 43.8 Å². The number of thiophene rings is 1. The minimum atomic E-state index is 0.0501. The third kappa shape index (κ3) is 2.95. The first-order valence-electron chi connectivity index (χ1n) is 5.60. The van der Waals surface area contributed by atoms with Crippen LogP contribution >= 0.6 is 27.3 Å². The van der Waals surface area contributed by atoms with Crippen molar-refractivity contribution in [3.8, 4) is 0 Å². The van der Waals surface area contributed by atoms with Crippen molar-refractivity contribution >= 4 is 27.3 Å². The zero-order valence-corrected chi connectivity index (χ0v) is 12.7. The van der Waals surface area contributed by atoms with Crippen molar-refractivity contribution in [3.63, 3.8) is 0 Å². The van der Waals surface area contributed by atoms with E-state index in [9.17, 15) is 0 Å². The van der Waals surface area contributed by atoms with E-state index < -0.39 is 0 Å². The summed E-state index contributed by atoms with van der Waals surface area (Å²) in [7, 11) is 0. The average molecular weight is 327 g/mol. The number of hydrazine groups is 1. The Hall–Kier alpha value is -0.820. The third-order valence-corrected chi connectivity index (χ3v) is 4.75. The Labute approximate surface area is 119 Å².